The molecule has 0 saturated carbocycles. The average Bonchev–Trinajstić information content (AvgIpc) is 2.95. The van der Waals surface area contributed by atoms with Gasteiger partial charge in [-0.2, -0.15) is 0 Å². The molecule has 42 heavy (non-hydrogen) atoms. The Morgan fingerprint density at radius 3 is 2.36 bits per heavy atom. The Morgan fingerprint density at radius 2 is 1.67 bits per heavy atom. The third-order valence-electron chi connectivity index (χ3n) is 6.01. The summed E-state index contributed by atoms with van der Waals surface area (Å²) in [6.07, 6.45) is 2.17. The van der Waals surface area contributed by atoms with Gasteiger partial charge in [-0.1, -0.05) is 30.7 Å². The molecule has 1 aliphatic heterocycles. The monoisotopic (exact) mass is 635 g/mol. The van der Waals surface area contributed by atoms with Crippen LogP contribution in [0.3, 0.4) is 0 Å². The summed E-state index contributed by atoms with van der Waals surface area (Å²) in [5.41, 5.74) is 2.21. The van der Waals surface area contributed by atoms with Crippen molar-refractivity contribution in [2.45, 2.75) is 27.2 Å². The van der Waals surface area contributed by atoms with Crippen LogP contribution < -0.4 is 29.7 Å². The molecule has 4 rings (SSSR count). The van der Waals surface area contributed by atoms with Gasteiger partial charge in [-0.05, 0) is 84.2 Å². The van der Waals surface area contributed by atoms with Gasteiger partial charge in [-0.25, -0.2) is 9.69 Å². The molecule has 0 spiro atoms. The molecule has 5 amide bonds. The molecule has 0 unspecified atom stereocenters. The van der Waals surface area contributed by atoms with Crippen molar-refractivity contribution < 1.29 is 33.4 Å². The van der Waals surface area contributed by atoms with Gasteiger partial charge in [-0.15, -0.1) is 0 Å². The van der Waals surface area contributed by atoms with Crippen molar-refractivity contribution in [1.29, 1.82) is 0 Å². The maximum atomic E-state index is 13.4. The van der Waals surface area contributed by atoms with Crippen LogP contribution in [0.1, 0.15) is 31.4 Å². The minimum absolute atomic E-state index is 0.219. The number of nitrogens with zero attached hydrogens (tertiary/aromatic N) is 1. The van der Waals surface area contributed by atoms with Gasteiger partial charge < -0.3 is 19.5 Å². The van der Waals surface area contributed by atoms with Crippen molar-refractivity contribution in [3.05, 3.63) is 81.8 Å². The number of urea groups is 1. The largest absolute Gasteiger partial charge is 0.490 e. The number of hydrogen-bond acceptors (Lipinski definition) is 7. The molecule has 3 aromatic carbocycles. The van der Waals surface area contributed by atoms with Gasteiger partial charge in [0.2, 0.25) is 0 Å². The Morgan fingerprint density at radius 1 is 0.929 bits per heavy atom. The van der Waals surface area contributed by atoms with Crippen LogP contribution in [0.4, 0.5) is 16.2 Å². The van der Waals surface area contributed by atoms with E-state index in [1.54, 1.807) is 42.5 Å². The van der Waals surface area contributed by atoms with Crippen molar-refractivity contribution in [2.75, 3.05) is 30.0 Å². The van der Waals surface area contributed by atoms with Crippen molar-refractivity contribution in [1.82, 2.24) is 5.32 Å². The van der Waals surface area contributed by atoms with E-state index in [4.69, 9.17) is 14.2 Å². The second-order valence-electron chi connectivity index (χ2n) is 9.26. The third-order valence-corrected chi connectivity index (χ3v) is 6.63. The topological polar surface area (TPSA) is 123 Å². The number of rotatable bonds is 11. The predicted octanol–water partition coefficient (Wildman–Crippen LogP) is 5.63. The normalized spacial score (nSPS) is 14.0. The van der Waals surface area contributed by atoms with E-state index in [1.807, 2.05) is 32.9 Å². The van der Waals surface area contributed by atoms with Crippen molar-refractivity contribution in [2.24, 2.45) is 0 Å². The third kappa shape index (κ3) is 7.35. The van der Waals surface area contributed by atoms with Crippen LogP contribution in [0.5, 0.6) is 17.2 Å². The number of anilines is 2. The first kappa shape index (κ1) is 30.3. The maximum Gasteiger partial charge on any atom is 0.335 e. The molecule has 1 heterocycles. The van der Waals surface area contributed by atoms with Crippen LogP contribution in [0.2, 0.25) is 0 Å². The predicted molar refractivity (Wildman–Crippen MR) is 162 cm³/mol. The molecule has 0 atom stereocenters. The van der Waals surface area contributed by atoms with Crippen molar-refractivity contribution in [3.8, 4) is 17.2 Å². The van der Waals surface area contributed by atoms with Gasteiger partial charge in [0.25, 0.3) is 17.7 Å². The lowest BCUT2D eigenvalue weighted by Crippen LogP contribution is -2.54. The molecule has 1 aliphatic rings. The zero-order chi connectivity index (χ0) is 30.2. The Labute approximate surface area is 251 Å². The van der Waals surface area contributed by atoms with E-state index in [0.29, 0.717) is 46.2 Å². The lowest BCUT2D eigenvalue weighted by Gasteiger charge is -2.27. The maximum absolute atomic E-state index is 13.4. The van der Waals surface area contributed by atoms with Gasteiger partial charge in [0, 0.05) is 11.8 Å². The molecule has 1 fully saturated rings. The highest BCUT2D eigenvalue weighted by Crippen LogP contribution is 2.34. The number of benzene rings is 3. The van der Waals surface area contributed by atoms with Gasteiger partial charge >= 0.3 is 6.03 Å². The number of ether oxygens (including phenoxy) is 3. The standard InChI is InChI=1S/C31H30BrN3O7/c1-4-14-41-26-13-11-22(17-27(26)40-5-2)35-30(38)23(29(37)34-31(35)39)15-20-8-12-25(24(32)16-20)42-18-28(36)33-21-9-6-19(3)7-10-21/h6-13,15-17H,4-5,14,18H2,1-3H3,(H,33,36)(H,34,37,39)/b23-15+. The highest BCUT2D eigenvalue weighted by atomic mass is 79.9. The molecule has 3 aromatic rings. The molecule has 0 bridgehead atoms. The molecule has 1 saturated heterocycles. The lowest BCUT2D eigenvalue weighted by molar-refractivity contribution is -0.122. The van der Waals surface area contributed by atoms with Gasteiger partial charge in [-0.3, -0.25) is 19.7 Å². The van der Waals surface area contributed by atoms with Gasteiger partial charge in [0.05, 0.1) is 23.4 Å². The first-order valence-corrected chi connectivity index (χ1v) is 14.1. The molecule has 10 nitrogen and oxygen atoms in total. The van der Waals surface area contributed by atoms with Crippen LogP contribution >= 0.6 is 15.9 Å². The average molecular weight is 636 g/mol. The summed E-state index contributed by atoms with van der Waals surface area (Å²) < 4.78 is 17.5. The molecular formula is C31H30BrN3O7. The van der Waals surface area contributed by atoms with Crippen LogP contribution in [-0.2, 0) is 14.4 Å². The highest BCUT2D eigenvalue weighted by Gasteiger charge is 2.37. The van der Waals surface area contributed by atoms with E-state index in [2.05, 4.69) is 26.6 Å². The van der Waals surface area contributed by atoms with E-state index in [1.165, 1.54) is 12.1 Å². The second-order valence-corrected chi connectivity index (χ2v) is 10.1. The van der Waals surface area contributed by atoms with Gasteiger partial charge in [0.1, 0.15) is 11.3 Å². The zero-order valence-electron chi connectivity index (χ0n) is 23.4. The van der Waals surface area contributed by atoms with Gasteiger partial charge in [0.15, 0.2) is 18.1 Å². The Hall–Kier alpha value is -4.64. The summed E-state index contributed by atoms with van der Waals surface area (Å²) in [4.78, 5) is 51.9. The van der Waals surface area contributed by atoms with E-state index >= 15 is 0 Å². The van der Waals surface area contributed by atoms with E-state index in [-0.39, 0.29) is 23.8 Å². The minimum atomic E-state index is -0.874. The number of amides is 5. The fraction of sp³-hybridized carbons (Fsp3) is 0.226. The summed E-state index contributed by atoms with van der Waals surface area (Å²) in [6.45, 7) is 6.34. The summed E-state index contributed by atoms with van der Waals surface area (Å²) in [7, 11) is 0. The number of nitrogens with one attached hydrogen (secondary N) is 2. The number of hydrogen-bond donors (Lipinski definition) is 2. The van der Waals surface area contributed by atoms with Crippen molar-refractivity contribution in [3.63, 3.8) is 0 Å². The van der Waals surface area contributed by atoms with E-state index < -0.39 is 17.8 Å². The summed E-state index contributed by atoms with van der Waals surface area (Å²) in [5.74, 6) is -0.696. The van der Waals surface area contributed by atoms with Crippen LogP contribution in [0.25, 0.3) is 6.08 Å². The number of aryl methyl sites for hydroxylation is 1. The smallest absolute Gasteiger partial charge is 0.335 e. The summed E-state index contributed by atoms with van der Waals surface area (Å²) >= 11 is 3.41. The molecule has 0 aromatic heterocycles. The fourth-order valence-electron chi connectivity index (χ4n) is 4.00. The van der Waals surface area contributed by atoms with Crippen LogP contribution in [0.15, 0.2) is 70.7 Å². The SMILES string of the molecule is CCCOc1ccc(N2C(=O)NC(=O)/C(=C\c3ccc(OCC(=O)Nc4ccc(C)cc4)c(Br)c3)C2=O)cc1OCC. The first-order valence-electron chi connectivity index (χ1n) is 13.3. The number of halogens is 1. The van der Waals surface area contributed by atoms with Crippen LogP contribution in [-0.4, -0.2) is 43.6 Å². The Bertz CT molecular complexity index is 1540. The number of barbiturate groups is 1. The second kappa shape index (κ2) is 13.8. The Kier molecular flexibility index (Phi) is 9.98. The molecule has 0 aliphatic carbocycles. The number of carbonyl (C=O) groups is 4. The lowest BCUT2D eigenvalue weighted by atomic mass is 10.1. The number of imide groups is 2. The fourth-order valence-corrected chi connectivity index (χ4v) is 4.51. The molecular weight excluding hydrogens is 606 g/mol. The zero-order valence-corrected chi connectivity index (χ0v) is 24.9. The molecule has 2 N–H and O–H groups in total. The van der Waals surface area contributed by atoms with E-state index in [9.17, 15) is 19.2 Å². The summed E-state index contributed by atoms with van der Waals surface area (Å²) in [5, 5.41) is 4.98. The molecule has 218 valence electrons. The molecule has 11 heteroatoms. The van der Waals surface area contributed by atoms with Crippen LogP contribution in [0, 0.1) is 6.92 Å². The molecule has 0 radical (unpaired) electrons. The quantitative estimate of drug-likeness (QED) is 0.207. The summed E-state index contributed by atoms with van der Waals surface area (Å²) in [6, 6.07) is 16.1. The Balaban J connectivity index is 1.50. The highest BCUT2D eigenvalue weighted by molar-refractivity contribution is 9.10. The van der Waals surface area contributed by atoms with E-state index in [0.717, 1.165) is 16.9 Å². The minimum Gasteiger partial charge on any atom is -0.490 e. The van der Waals surface area contributed by atoms with Crippen molar-refractivity contribution >= 4 is 57.1 Å². The first-order chi connectivity index (χ1) is 20.2. The number of carbonyl (C=O) groups excluding carboxylic acids is 4.